The number of nitro groups is 1. The molecule has 1 aliphatic rings. The van der Waals surface area contributed by atoms with Crippen LogP contribution in [0.25, 0.3) is 0 Å². The summed E-state index contributed by atoms with van der Waals surface area (Å²) in [6.45, 7) is 5.01. The van der Waals surface area contributed by atoms with Gasteiger partial charge in [0.15, 0.2) is 0 Å². The van der Waals surface area contributed by atoms with E-state index in [0.29, 0.717) is 0 Å². The molecular formula is C14H17N3O2. The molecule has 5 heteroatoms. The molecule has 1 fully saturated rings. The molecule has 0 aromatic heterocycles. The van der Waals surface area contributed by atoms with Gasteiger partial charge in [-0.2, -0.15) is 0 Å². The third kappa shape index (κ3) is 4.05. The van der Waals surface area contributed by atoms with Gasteiger partial charge in [0.05, 0.1) is 11.5 Å². The molecular weight excluding hydrogens is 242 g/mol. The van der Waals surface area contributed by atoms with E-state index in [1.165, 1.54) is 12.1 Å². The third-order valence-electron chi connectivity index (χ3n) is 3.21. The van der Waals surface area contributed by atoms with Crippen molar-refractivity contribution >= 4 is 5.69 Å². The van der Waals surface area contributed by atoms with Crippen LogP contribution in [0.15, 0.2) is 24.3 Å². The maximum Gasteiger partial charge on any atom is 0.269 e. The van der Waals surface area contributed by atoms with E-state index < -0.39 is 4.92 Å². The average Bonchev–Trinajstić information content (AvgIpc) is 2.41. The molecule has 0 unspecified atom stereocenters. The summed E-state index contributed by atoms with van der Waals surface area (Å²) in [5, 5.41) is 10.5. The van der Waals surface area contributed by atoms with E-state index in [4.69, 9.17) is 0 Å². The number of benzene rings is 1. The number of hydrogen-bond acceptors (Lipinski definition) is 4. The highest BCUT2D eigenvalue weighted by atomic mass is 16.6. The molecule has 5 nitrogen and oxygen atoms in total. The molecule has 0 atom stereocenters. The molecule has 100 valence electrons. The van der Waals surface area contributed by atoms with Crippen LogP contribution in [0, 0.1) is 22.0 Å². The van der Waals surface area contributed by atoms with E-state index in [0.717, 1.165) is 38.3 Å². The first-order chi connectivity index (χ1) is 9.15. The van der Waals surface area contributed by atoms with E-state index in [1.54, 1.807) is 12.1 Å². The second-order valence-electron chi connectivity index (χ2n) is 4.69. The van der Waals surface area contributed by atoms with Gasteiger partial charge in [-0.05, 0) is 19.2 Å². The Balaban J connectivity index is 1.87. The maximum atomic E-state index is 10.5. The summed E-state index contributed by atoms with van der Waals surface area (Å²) in [5.74, 6) is 6.16. The largest absolute Gasteiger partial charge is 0.304 e. The van der Waals surface area contributed by atoms with Crippen LogP contribution in [0.4, 0.5) is 5.69 Å². The first-order valence-electron chi connectivity index (χ1n) is 6.29. The fourth-order valence-electron chi connectivity index (χ4n) is 1.93. The normalized spacial score (nSPS) is 16.7. The topological polar surface area (TPSA) is 49.6 Å². The molecule has 1 aromatic rings. The van der Waals surface area contributed by atoms with Crippen LogP contribution in [0.1, 0.15) is 5.56 Å². The minimum absolute atomic E-state index is 0.101. The van der Waals surface area contributed by atoms with Crippen molar-refractivity contribution in [1.29, 1.82) is 0 Å². The van der Waals surface area contributed by atoms with E-state index >= 15 is 0 Å². The van der Waals surface area contributed by atoms with E-state index in [9.17, 15) is 10.1 Å². The standard InChI is InChI=1S/C14H17N3O2/c1-15-9-11-16(12-10-15)8-2-3-13-4-6-14(7-5-13)17(18)19/h4-7H,8-12H2,1H3. The predicted molar refractivity (Wildman–Crippen MR) is 73.9 cm³/mol. The van der Waals surface area contributed by atoms with Gasteiger partial charge < -0.3 is 4.90 Å². The summed E-state index contributed by atoms with van der Waals surface area (Å²) >= 11 is 0. The summed E-state index contributed by atoms with van der Waals surface area (Å²) in [6.07, 6.45) is 0. The second kappa shape index (κ2) is 6.32. The van der Waals surface area contributed by atoms with E-state index in [2.05, 4.69) is 28.7 Å². The highest BCUT2D eigenvalue weighted by Gasteiger charge is 2.11. The lowest BCUT2D eigenvalue weighted by Crippen LogP contribution is -2.44. The van der Waals surface area contributed by atoms with Gasteiger partial charge >= 0.3 is 0 Å². The van der Waals surface area contributed by atoms with Crippen LogP contribution >= 0.6 is 0 Å². The zero-order valence-corrected chi connectivity index (χ0v) is 11.0. The number of nitro benzene ring substituents is 1. The SMILES string of the molecule is CN1CCN(CC#Cc2ccc([N+](=O)[O-])cc2)CC1. The third-order valence-corrected chi connectivity index (χ3v) is 3.21. The van der Waals surface area contributed by atoms with E-state index in [-0.39, 0.29) is 5.69 Å². The quantitative estimate of drug-likeness (QED) is 0.455. The lowest BCUT2D eigenvalue weighted by molar-refractivity contribution is -0.384. The molecule has 1 aromatic carbocycles. The van der Waals surface area contributed by atoms with Gasteiger partial charge in [0.2, 0.25) is 0 Å². The van der Waals surface area contributed by atoms with Gasteiger partial charge in [-0.1, -0.05) is 11.8 Å². The fourth-order valence-corrected chi connectivity index (χ4v) is 1.93. The number of nitrogens with zero attached hydrogens (tertiary/aromatic N) is 3. The van der Waals surface area contributed by atoms with Gasteiger partial charge in [0, 0.05) is 43.9 Å². The van der Waals surface area contributed by atoms with Gasteiger partial charge in [-0.25, -0.2) is 0 Å². The molecule has 1 aliphatic heterocycles. The molecule has 0 amide bonds. The Labute approximate surface area is 113 Å². The summed E-state index contributed by atoms with van der Waals surface area (Å²) < 4.78 is 0. The fraction of sp³-hybridized carbons (Fsp3) is 0.429. The molecule has 1 heterocycles. The summed E-state index contributed by atoms with van der Waals surface area (Å²) in [6, 6.07) is 6.35. The molecule has 0 radical (unpaired) electrons. The van der Waals surface area contributed by atoms with Crippen molar-refractivity contribution in [2.75, 3.05) is 39.8 Å². The molecule has 19 heavy (non-hydrogen) atoms. The summed E-state index contributed by atoms with van der Waals surface area (Å²) in [4.78, 5) is 14.7. The Hall–Kier alpha value is -1.90. The van der Waals surface area contributed by atoms with Crippen molar-refractivity contribution < 1.29 is 4.92 Å². The van der Waals surface area contributed by atoms with Gasteiger partial charge in [-0.3, -0.25) is 15.0 Å². The van der Waals surface area contributed by atoms with E-state index in [1.807, 2.05) is 0 Å². The zero-order valence-electron chi connectivity index (χ0n) is 11.0. The van der Waals surface area contributed by atoms with Crippen molar-refractivity contribution in [2.45, 2.75) is 0 Å². The van der Waals surface area contributed by atoms with Gasteiger partial charge in [0.1, 0.15) is 0 Å². The van der Waals surface area contributed by atoms with Crippen LogP contribution in [0.3, 0.4) is 0 Å². The van der Waals surface area contributed by atoms with Crippen molar-refractivity contribution in [1.82, 2.24) is 9.80 Å². The smallest absolute Gasteiger partial charge is 0.269 e. The lowest BCUT2D eigenvalue weighted by atomic mass is 10.2. The number of rotatable bonds is 2. The number of hydrogen-bond donors (Lipinski definition) is 0. The van der Waals surface area contributed by atoms with Crippen LogP contribution in [-0.4, -0.2) is 54.5 Å². The highest BCUT2D eigenvalue weighted by molar-refractivity contribution is 5.41. The maximum absolute atomic E-state index is 10.5. The minimum Gasteiger partial charge on any atom is -0.304 e. The summed E-state index contributed by atoms with van der Waals surface area (Å²) in [5.41, 5.74) is 0.921. The zero-order chi connectivity index (χ0) is 13.7. The number of likely N-dealkylation sites (N-methyl/N-ethyl adjacent to an activating group) is 1. The van der Waals surface area contributed by atoms with Gasteiger partial charge in [0.25, 0.3) is 5.69 Å². The van der Waals surface area contributed by atoms with Crippen LogP contribution in [-0.2, 0) is 0 Å². The van der Waals surface area contributed by atoms with Crippen molar-refractivity contribution in [3.63, 3.8) is 0 Å². The van der Waals surface area contributed by atoms with Crippen LogP contribution < -0.4 is 0 Å². The Morgan fingerprint density at radius 2 is 1.84 bits per heavy atom. The van der Waals surface area contributed by atoms with Gasteiger partial charge in [-0.15, -0.1) is 0 Å². The first kappa shape index (κ1) is 13.5. The minimum atomic E-state index is -0.401. The Kier molecular flexibility index (Phi) is 4.50. The van der Waals surface area contributed by atoms with Crippen molar-refractivity contribution in [3.05, 3.63) is 39.9 Å². The summed E-state index contributed by atoms with van der Waals surface area (Å²) in [7, 11) is 2.12. The molecule has 0 N–H and O–H groups in total. The molecule has 0 aliphatic carbocycles. The predicted octanol–water partition coefficient (Wildman–Crippen LogP) is 1.19. The Morgan fingerprint density at radius 1 is 1.21 bits per heavy atom. The number of piperazine rings is 1. The monoisotopic (exact) mass is 259 g/mol. The molecule has 0 spiro atoms. The molecule has 0 bridgehead atoms. The molecule has 2 rings (SSSR count). The molecule has 0 saturated carbocycles. The second-order valence-corrected chi connectivity index (χ2v) is 4.69. The average molecular weight is 259 g/mol. The first-order valence-corrected chi connectivity index (χ1v) is 6.29. The van der Waals surface area contributed by atoms with Crippen LogP contribution in [0.5, 0.6) is 0 Å². The Morgan fingerprint density at radius 3 is 2.42 bits per heavy atom. The highest BCUT2D eigenvalue weighted by Crippen LogP contribution is 2.10. The van der Waals surface area contributed by atoms with Crippen molar-refractivity contribution in [3.8, 4) is 11.8 Å². The molecule has 1 saturated heterocycles. The number of non-ortho nitro benzene ring substituents is 1. The Bertz CT molecular complexity index is 494. The lowest BCUT2D eigenvalue weighted by Gasteiger charge is -2.30. The van der Waals surface area contributed by atoms with Crippen LogP contribution in [0.2, 0.25) is 0 Å². The van der Waals surface area contributed by atoms with Crippen molar-refractivity contribution in [2.24, 2.45) is 0 Å².